The van der Waals surface area contributed by atoms with Gasteiger partial charge in [-0.1, -0.05) is 12.1 Å². The van der Waals surface area contributed by atoms with Crippen LogP contribution in [0.3, 0.4) is 0 Å². The van der Waals surface area contributed by atoms with Crippen LogP contribution in [-0.4, -0.2) is 21.1 Å². The van der Waals surface area contributed by atoms with Gasteiger partial charge in [0.1, 0.15) is 0 Å². The van der Waals surface area contributed by atoms with Crippen LogP contribution in [0.25, 0.3) is 0 Å². The van der Waals surface area contributed by atoms with Crippen molar-refractivity contribution in [2.75, 3.05) is 5.73 Å². The standard InChI is InChI=1S/C12H13BrN4OS/c1-7(2)18-11-15-10(14)16-12(17-11)19-9-6-4-3-5-8(9)13/h3-7H,1-2H3,(H2,14,15,16,17). The molecular formula is C12H13BrN4OS. The van der Waals surface area contributed by atoms with E-state index < -0.39 is 0 Å². The van der Waals surface area contributed by atoms with E-state index in [2.05, 4.69) is 30.9 Å². The van der Waals surface area contributed by atoms with E-state index in [1.54, 1.807) is 0 Å². The van der Waals surface area contributed by atoms with Gasteiger partial charge < -0.3 is 10.5 Å². The molecule has 0 aliphatic rings. The highest BCUT2D eigenvalue weighted by atomic mass is 79.9. The molecule has 0 atom stereocenters. The average molecular weight is 341 g/mol. The van der Waals surface area contributed by atoms with Crippen LogP contribution in [0.2, 0.25) is 0 Å². The number of nitrogens with zero attached hydrogens (tertiary/aromatic N) is 3. The Bertz CT molecular complexity index is 579. The first-order valence-electron chi connectivity index (χ1n) is 5.65. The number of benzene rings is 1. The van der Waals surface area contributed by atoms with Crippen LogP contribution in [0, 0.1) is 0 Å². The van der Waals surface area contributed by atoms with Crippen molar-refractivity contribution < 1.29 is 4.74 Å². The predicted octanol–water partition coefficient (Wildman–Crippen LogP) is 3.15. The Labute approximate surface area is 124 Å². The fourth-order valence-electron chi connectivity index (χ4n) is 1.29. The van der Waals surface area contributed by atoms with Crippen LogP contribution in [-0.2, 0) is 0 Å². The fourth-order valence-corrected chi connectivity index (χ4v) is 2.59. The molecule has 0 fully saturated rings. The van der Waals surface area contributed by atoms with E-state index >= 15 is 0 Å². The number of aromatic nitrogens is 3. The molecule has 0 aliphatic carbocycles. The topological polar surface area (TPSA) is 73.9 Å². The third-order valence-corrected chi connectivity index (χ3v) is 3.89. The number of halogens is 1. The van der Waals surface area contributed by atoms with Crippen molar-refractivity contribution in [3.63, 3.8) is 0 Å². The minimum Gasteiger partial charge on any atom is -0.461 e. The molecule has 1 aromatic heterocycles. The second-order valence-corrected chi connectivity index (χ2v) is 5.82. The zero-order valence-electron chi connectivity index (χ0n) is 10.5. The highest BCUT2D eigenvalue weighted by Gasteiger charge is 2.10. The molecule has 2 rings (SSSR count). The molecule has 5 nitrogen and oxygen atoms in total. The van der Waals surface area contributed by atoms with Crippen LogP contribution in [0.4, 0.5) is 5.95 Å². The van der Waals surface area contributed by atoms with Crippen LogP contribution in [0.5, 0.6) is 6.01 Å². The lowest BCUT2D eigenvalue weighted by Gasteiger charge is -2.09. The zero-order chi connectivity index (χ0) is 13.8. The Kier molecular flexibility index (Phi) is 4.60. The van der Waals surface area contributed by atoms with Crippen LogP contribution in [0.1, 0.15) is 13.8 Å². The predicted molar refractivity (Wildman–Crippen MR) is 78.3 cm³/mol. The first-order valence-corrected chi connectivity index (χ1v) is 7.26. The minimum atomic E-state index is -0.0110. The van der Waals surface area contributed by atoms with Crippen molar-refractivity contribution in [2.45, 2.75) is 30.0 Å². The summed E-state index contributed by atoms with van der Waals surface area (Å²) in [7, 11) is 0. The van der Waals surface area contributed by atoms with Crippen LogP contribution < -0.4 is 10.5 Å². The minimum absolute atomic E-state index is 0.0110. The van der Waals surface area contributed by atoms with Gasteiger partial charge in [0.05, 0.1) is 6.10 Å². The summed E-state index contributed by atoms with van der Waals surface area (Å²) in [5.74, 6) is 0.153. The van der Waals surface area contributed by atoms with Gasteiger partial charge in [0.2, 0.25) is 11.1 Å². The molecule has 19 heavy (non-hydrogen) atoms. The molecule has 1 aromatic carbocycles. The Balaban J connectivity index is 2.25. The molecule has 1 heterocycles. The first kappa shape index (κ1) is 14.1. The third kappa shape index (κ3) is 4.07. The number of anilines is 1. The van der Waals surface area contributed by atoms with E-state index in [-0.39, 0.29) is 18.1 Å². The van der Waals surface area contributed by atoms with Crippen LogP contribution in [0.15, 0.2) is 38.8 Å². The monoisotopic (exact) mass is 340 g/mol. The zero-order valence-corrected chi connectivity index (χ0v) is 12.9. The quantitative estimate of drug-likeness (QED) is 0.921. The maximum absolute atomic E-state index is 5.66. The molecular weight excluding hydrogens is 328 g/mol. The van der Waals surface area contributed by atoms with E-state index in [9.17, 15) is 0 Å². The van der Waals surface area contributed by atoms with E-state index in [1.165, 1.54) is 11.8 Å². The molecule has 0 saturated carbocycles. The Hall–Kier alpha value is -1.34. The average Bonchev–Trinajstić information content (AvgIpc) is 2.30. The van der Waals surface area contributed by atoms with Gasteiger partial charge in [-0.15, -0.1) is 0 Å². The molecule has 0 bridgehead atoms. The summed E-state index contributed by atoms with van der Waals surface area (Å²) in [6.45, 7) is 3.81. The fraction of sp³-hybridized carbons (Fsp3) is 0.250. The molecule has 7 heteroatoms. The first-order chi connectivity index (χ1) is 9.04. The van der Waals surface area contributed by atoms with Gasteiger partial charge in [0, 0.05) is 9.37 Å². The van der Waals surface area contributed by atoms with Crippen molar-refractivity contribution in [3.8, 4) is 6.01 Å². The summed E-state index contributed by atoms with van der Waals surface area (Å²) in [6, 6.07) is 8.07. The number of rotatable bonds is 4. The Morgan fingerprint density at radius 2 is 1.95 bits per heavy atom. The smallest absolute Gasteiger partial charge is 0.322 e. The number of nitrogen functional groups attached to an aromatic ring is 1. The second-order valence-electron chi connectivity index (χ2n) is 3.96. The molecule has 100 valence electrons. The maximum Gasteiger partial charge on any atom is 0.322 e. The Morgan fingerprint density at radius 3 is 2.63 bits per heavy atom. The highest BCUT2D eigenvalue weighted by Crippen LogP contribution is 2.31. The van der Waals surface area contributed by atoms with Crippen molar-refractivity contribution in [2.24, 2.45) is 0 Å². The molecule has 0 saturated heterocycles. The van der Waals surface area contributed by atoms with Gasteiger partial charge in [-0.2, -0.15) is 15.0 Å². The molecule has 2 N–H and O–H groups in total. The van der Waals surface area contributed by atoms with E-state index in [4.69, 9.17) is 10.5 Å². The molecule has 2 aromatic rings. The molecule has 0 unspecified atom stereocenters. The van der Waals surface area contributed by atoms with Gasteiger partial charge in [0.15, 0.2) is 0 Å². The summed E-state index contributed by atoms with van der Waals surface area (Å²) >= 11 is 4.88. The number of hydrogen-bond donors (Lipinski definition) is 1. The lowest BCUT2D eigenvalue weighted by Crippen LogP contribution is -2.10. The largest absolute Gasteiger partial charge is 0.461 e. The van der Waals surface area contributed by atoms with Gasteiger partial charge >= 0.3 is 6.01 Å². The SMILES string of the molecule is CC(C)Oc1nc(N)nc(Sc2ccccc2Br)n1. The van der Waals surface area contributed by atoms with Crippen molar-refractivity contribution >= 4 is 33.6 Å². The lowest BCUT2D eigenvalue weighted by atomic mass is 10.4. The van der Waals surface area contributed by atoms with Crippen LogP contribution >= 0.6 is 27.7 Å². The lowest BCUT2D eigenvalue weighted by molar-refractivity contribution is 0.219. The Morgan fingerprint density at radius 1 is 1.21 bits per heavy atom. The van der Waals surface area contributed by atoms with E-state index in [0.29, 0.717) is 5.16 Å². The molecule has 0 amide bonds. The molecule has 0 spiro atoms. The van der Waals surface area contributed by atoms with Crippen molar-refractivity contribution in [1.82, 2.24) is 15.0 Å². The van der Waals surface area contributed by atoms with Gasteiger partial charge in [-0.3, -0.25) is 0 Å². The molecule has 0 aliphatic heterocycles. The van der Waals surface area contributed by atoms with Gasteiger partial charge in [-0.25, -0.2) is 0 Å². The van der Waals surface area contributed by atoms with Gasteiger partial charge in [0.25, 0.3) is 0 Å². The summed E-state index contributed by atoms with van der Waals surface area (Å²) in [6.07, 6.45) is -0.0110. The summed E-state index contributed by atoms with van der Waals surface area (Å²) in [5, 5.41) is 0.509. The maximum atomic E-state index is 5.66. The summed E-state index contributed by atoms with van der Waals surface area (Å²) in [4.78, 5) is 13.3. The third-order valence-electron chi connectivity index (χ3n) is 1.99. The normalized spacial score (nSPS) is 10.7. The van der Waals surface area contributed by atoms with E-state index in [0.717, 1.165) is 9.37 Å². The number of ether oxygens (including phenoxy) is 1. The van der Waals surface area contributed by atoms with Crippen molar-refractivity contribution in [1.29, 1.82) is 0 Å². The number of hydrogen-bond acceptors (Lipinski definition) is 6. The van der Waals surface area contributed by atoms with E-state index in [1.807, 2.05) is 38.1 Å². The second kappa shape index (κ2) is 6.21. The highest BCUT2D eigenvalue weighted by molar-refractivity contribution is 9.10. The summed E-state index contributed by atoms with van der Waals surface area (Å²) in [5.41, 5.74) is 5.66. The van der Waals surface area contributed by atoms with Gasteiger partial charge in [-0.05, 0) is 53.7 Å². The van der Waals surface area contributed by atoms with Crippen molar-refractivity contribution in [3.05, 3.63) is 28.7 Å². The number of nitrogens with two attached hydrogens (primary N) is 1. The summed E-state index contributed by atoms with van der Waals surface area (Å²) < 4.78 is 6.41. The molecule has 0 radical (unpaired) electrons.